The van der Waals surface area contributed by atoms with Gasteiger partial charge in [-0.15, -0.1) is 0 Å². The molecule has 3 aromatic carbocycles. The average molecular weight is 649 g/mol. The Hall–Kier alpha value is -4.97. The maximum absolute atomic E-state index is 14.8. The van der Waals surface area contributed by atoms with Gasteiger partial charge in [-0.3, -0.25) is 9.48 Å². The molecule has 0 unspecified atom stereocenters. The van der Waals surface area contributed by atoms with Crippen molar-refractivity contribution < 1.29 is 27.8 Å². The molecule has 3 heterocycles. The third-order valence-corrected chi connectivity index (χ3v) is 8.04. The first-order chi connectivity index (χ1) is 22.3. The number of hydrogen-bond acceptors (Lipinski definition) is 8. The second-order valence-corrected chi connectivity index (χ2v) is 11.1. The largest absolute Gasteiger partial charge is 0.497 e. The van der Waals surface area contributed by atoms with E-state index in [-0.39, 0.29) is 45.9 Å². The van der Waals surface area contributed by atoms with Crippen LogP contribution in [-0.4, -0.2) is 58.4 Å². The molecule has 238 valence electrons. The highest BCUT2D eigenvalue weighted by atomic mass is 35.5. The molecular weight excluding hydrogens is 618 g/mol. The van der Waals surface area contributed by atoms with Crippen LogP contribution in [0.25, 0.3) is 10.9 Å². The SMILES string of the molecule is COc1ccc(CN(Cc2ccc(OC)cc2)C(=O)c2cc3n(n2)CCCN(c2nc(Cl)nc4c(F)cc(F)c(OC)c24)C3)cc1. The van der Waals surface area contributed by atoms with Gasteiger partial charge in [0, 0.05) is 32.2 Å². The van der Waals surface area contributed by atoms with Crippen LogP contribution in [0.1, 0.15) is 33.7 Å². The molecule has 0 N–H and O–H groups in total. The average Bonchev–Trinajstić information content (AvgIpc) is 3.36. The lowest BCUT2D eigenvalue weighted by Gasteiger charge is -2.24. The predicted octanol–water partition coefficient (Wildman–Crippen LogP) is 6.04. The van der Waals surface area contributed by atoms with Crippen LogP contribution in [0, 0.1) is 11.6 Å². The third-order valence-electron chi connectivity index (χ3n) is 7.88. The highest BCUT2D eigenvalue weighted by molar-refractivity contribution is 6.29. The van der Waals surface area contributed by atoms with Crippen molar-refractivity contribution in [2.75, 3.05) is 32.8 Å². The first-order valence-electron chi connectivity index (χ1n) is 14.5. The number of ether oxygens (including phenoxy) is 3. The number of rotatable bonds is 9. The van der Waals surface area contributed by atoms with Gasteiger partial charge in [0.15, 0.2) is 23.1 Å². The number of carbonyl (C=O) groups excluding carboxylic acids is 1. The van der Waals surface area contributed by atoms with Crippen LogP contribution in [0.4, 0.5) is 14.6 Å². The fourth-order valence-electron chi connectivity index (χ4n) is 5.61. The van der Waals surface area contributed by atoms with Crippen molar-refractivity contribution in [2.24, 2.45) is 0 Å². The second-order valence-electron chi connectivity index (χ2n) is 10.8. The first kappa shape index (κ1) is 31.0. The van der Waals surface area contributed by atoms with Crippen LogP contribution in [0.15, 0.2) is 60.7 Å². The summed E-state index contributed by atoms with van der Waals surface area (Å²) in [7, 11) is 4.51. The molecule has 1 amide bonds. The van der Waals surface area contributed by atoms with Gasteiger partial charge in [-0.25, -0.2) is 13.8 Å². The molecule has 0 atom stereocenters. The number of nitrogens with zero attached hydrogens (tertiary/aromatic N) is 6. The summed E-state index contributed by atoms with van der Waals surface area (Å²) in [4.78, 5) is 26.0. The van der Waals surface area contributed by atoms with E-state index in [0.717, 1.165) is 28.3 Å². The van der Waals surface area contributed by atoms with Crippen LogP contribution >= 0.6 is 11.6 Å². The van der Waals surface area contributed by atoms with E-state index in [1.807, 2.05) is 53.4 Å². The number of benzene rings is 3. The fraction of sp³-hybridized carbons (Fsp3) is 0.273. The Morgan fingerprint density at radius 2 is 1.50 bits per heavy atom. The molecule has 10 nitrogen and oxygen atoms in total. The summed E-state index contributed by atoms with van der Waals surface area (Å²) in [5, 5.41) is 4.59. The number of halogens is 3. The smallest absolute Gasteiger partial charge is 0.274 e. The lowest BCUT2D eigenvalue weighted by atomic mass is 10.1. The summed E-state index contributed by atoms with van der Waals surface area (Å²) < 4.78 is 47.3. The van der Waals surface area contributed by atoms with Crippen LogP contribution in [0.5, 0.6) is 17.2 Å². The zero-order valence-corrected chi connectivity index (χ0v) is 26.2. The molecule has 0 fully saturated rings. The van der Waals surface area contributed by atoms with Gasteiger partial charge in [0.2, 0.25) is 5.28 Å². The molecule has 13 heteroatoms. The Balaban J connectivity index is 1.32. The lowest BCUT2D eigenvalue weighted by molar-refractivity contribution is 0.0723. The number of amides is 1. The summed E-state index contributed by atoms with van der Waals surface area (Å²) in [5.41, 5.74) is 2.72. The van der Waals surface area contributed by atoms with Crippen molar-refractivity contribution in [1.29, 1.82) is 0 Å². The molecule has 6 rings (SSSR count). The van der Waals surface area contributed by atoms with Gasteiger partial charge >= 0.3 is 0 Å². The Kier molecular flexibility index (Phi) is 8.89. The van der Waals surface area contributed by atoms with Gasteiger partial charge in [0.1, 0.15) is 22.8 Å². The Morgan fingerprint density at radius 1 is 0.870 bits per heavy atom. The van der Waals surface area contributed by atoms with E-state index in [2.05, 4.69) is 9.97 Å². The van der Waals surface area contributed by atoms with E-state index in [4.69, 9.17) is 30.9 Å². The van der Waals surface area contributed by atoms with Crippen molar-refractivity contribution in [2.45, 2.75) is 32.6 Å². The van der Waals surface area contributed by atoms with E-state index in [0.29, 0.717) is 38.7 Å². The number of aryl methyl sites for hydroxylation is 1. The minimum Gasteiger partial charge on any atom is -0.497 e. The van der Waals surface area contributed by atoms with Crippen molar-refractivity contribution in [3.05, 3.63) is 100 Å². The molecule has 0 radical (unpaired) electrons. The number of fused-ring (bicyclic) bond motifs is 2. The number of hydrogen-bond donors (Lipinski definition) is 0. The molecule has 0 aliphatic carbocycles. The highest BCUT2D eigenvalue weighted by Gasteiger charge is 2.27. The van der Waals surface area contributed by atoms with Gasteiger partial charge in [-0.1, -0.05) is 24.3 Å². The van der Waals surface area contributed by atoms with E-state index >= 15 is 0 Å². The summed E-state index contributed by atoms with van der Waals surface area (Å²) in [6.07, 6.45) is 0.618. The van der Waals surface area contributed by atoms with Gasteiger partial charge in [0.25, 0.3) is 5.91 Å². The molecule has 2 aromatic heterocycles. The lowest BCUT2D eigenvalue weighted by Crippen LogP contribution is -2.30. The normalized spacial score (nSPS) is 12.9. The fourth-order valence-corrected chi connectivity index (χ4v) is 5.77. The Labute approximate surface area is 269 Å². The maximum Gasteiger partial charge on any atom is 0.274 e. The van der Waals surface area contributed by atoms with Gasteiger partial charge in [0.05, 0.1) is 39.0 Å². The molecule has 46 heavy (non-hydrogen) atoms. The Morgan fingerprint density at radius 3 is 2.09 bits per heavy atom. The third kappa shape index (κ3) is 6.25. The zero-order chi connectivity index (χ0) is 32.4. The molecule has 1 aliphatic rings. The predicted molar refractivity (Wildman–Crippen MR) is 168 cm³/mol. The van der Waals surface area contributed by atoms with E-state index in [1.165, 1.54) is 7.11 Å². The Bertz CT molecular complexity index is 1840. The van der Waals surface area contributed by atoms with Gasteiger partial charge in [-0.05, 0) is 59.5 Å². The van der Waals surface area contributed by atoms with Gasteiger partial charge < -0.3 is 24.0 Å². The van der Waals surface area contributed by atoms with E-state index < -0.39 is 11.6 Å². The maximum atomic E-state index is 14.8. The minimum absolute atomic E-state index is 0.0822. The zero-order valence-electron chi connectivity index (χ0n) is 25.5. The van der Waals surface area contributed by atoms with E-state index in [9.17, 15) is 13.6 Å². The summed E-state index contributed by atoms with van der Waals surface area (Å²) in [5.74, 6) is -0.500. The molecule has 0 spiro atoms. The monoisotopic (exact) mass is 648 g/mol. The van der Waals surface area contributed by atoms with Crippen LogP contribution < -0.4 is 19.1 Å². The first-order valence-corrected chi connectivity index (χ1v) is 14.9. The summed E-state index contributed by atoms with van der Waals surface area (Å²) in [6.45, 7) is 1.93. The topological polar surface area (TPSA) is 94.8 Å². The van der Waals surface area contributed by atoms with Crippen LogP contribution in [0.3, 0.4) is 0 Å². The van der Waals surface area contributed by atoms with Crippen LogP contribution in [0.2, 0.25) is 5.28 Å². The second kappa shape index (κ2) is 13.2. The van der Waals surface area contributed by atoms with Crippen molar-refractivity contribution >= 4 is 34.2 Å². The molecule has 0 bridgehead atoms. The molecule has 1 aliphatic heterocycles. The summed E-state index contributed by atoms with van der Waals surface area (Å²) >= 11 is 6.21. The number of carbonyl (C=O) groups is 1. The van der Waals surface area contributed by atoms with Gasteiger partial charge in [-0.2, -0.15) is 10.1 Å². The van der Waals surface area contributed by atoms with E-state index in [1.54, 1.807) is 29.9 Å². The quantitative estimate of drug-likeness (QED) is 0.179. The van der Waals surface area contributed by atoms with Crippen molar-refractivity contribution in [1.82, 2.24) is 24.6 Å². The van der Waals surface area contributed by atoms with Crippen LogP contribution in [-0.2, 0) is 26.2 Å². The number of anilines is 1. The number of aromatic nitrogens is 4. The molecule has 0 saturated carbocycles. The number of methoxy groups -OCH3 is 3. The summed E-state index contributed by atoms with van der Waals surface area (Å²) in [6, 6.07) is 17.6. The van der Waals surface area contributed by atoms with Crippen molar-refractivity contribution in [3.63, 3.8) is 0 Å². The minimum atomic E-state index is -0.875. The van der Waals surface area contributed by atoms with Crippen molar-refractivity contribution in [3.8, 4) is 17.2 Å². The highest BCUT2D eigenvalue weighted by Crippen LogP contribution is 2.38. The molecule has 5 aromatic rings. The molecule has 0 saturated heterocycles. The molecular formula is C33H31ClF2N6O4. The standard InChI is InChI=1S/C33H31ClF2N6O4/c1-44-23-9-5-20(6-10-23)17-41(18-21-7-11-24(45-2)12-8-21)32(43)27-15-22-19-40(13-4-14-42(22)39-27)31-28-29(37-33(34)38-31)25(35)16-26(36)30(28)46-3/h5-12,15-16H,4,13-14,17-19H2,1-3H3.